The quantitative estimate of drug-likeness (QED) is 0.272. The Balaban J connectivity index is 1.15. The van der Waals surface area contributed by atoms with E-state index in [4.69, 9.17) is 22.9 Å². The molecule has 0 saturated carbocycles. The molecule has 1 aliphatic heterocycles. The number of likely N-dealkylation sites (tertiary alicyclic amines) is 1. The van der Waals surface area contributed by atoms with Crippen LogP contribution in [0.5, 0.6) is 0 Å². The summed E-state index contributed by atoms with van der Waals surface area (Å²) >= 11 is 6.98. The molecule has 0 aromatic carbocycles. The van der Waals surface area contributed by atoms with Gasteiger partial charge in [0.1, 0.15) is 5.52 Å². The number of hydrogen-bond donors (Lipinski definition) is 4. The molecule has 1 saturated heterocycles. The van der Waals surface area contributed by atoms with Crippen molar-refractivity contribution >= 4 is 57.2 Å². The van der Waals surface area contributed by atoms with Gasteiger partial charge in [0, 0.05) is 50.0 Å². The number of thiazole rings is 1. The van der Waals surface area contributed by atoms with E-state index < -0.39 is 0 Å². The van der Waals surface area contributed by atoms with Crippen molar-refractivity contribution in [1.82, 2.24) is 34.7 Å². The number of nitrogens with one attached hydrogen (secondary N) is 3. The van der Waals surface area contributed by atoms with Crippen molar-refractivity contribution in [1.29, 1.82) is 0 Å². The van der Waals surface area contributed by atoms with Crippen LogP contribution in [0.25, 0.3) is 11.2 Å². The van der Waals surface area contributed by atoms with Gasteiger partial charge in [0.15, 0.2) is 10.8 Å². The average molecular weight is 495 g/mol. The van der Waals surface area contributed by atoms with E-state index in [2.05, 4.69) is 45.7 Å². The van der Waals surface area contributed by atoms with Crippen LogP contribution in [-0.4, -0.2) is 66.7 Å². The number of hydrogen-bond acceptors (Lipinski definition) is 9. The van der Waals surface area contributed by atoms with Gasteiger partial charge in [-0.25, -0.2) is 15.0 Å². The maximum Gasteiger partial charge on any atom is 0.205 e. The first-order valence-electron chi connectivity index (χ1n) is 11.1. The summed E-state index contributed by atoms with van der Waals surface area (Å²) in [6.07, 6.45) is 6.16. The van der Waals surface area contributed by atoms with Crippen LogP contribution in [0, 0.1) is 0 Å². The number of pyridine rings is 2. The van der Waals surface area contributed by atoms with Crippen LogP contribution in [0.1, 0.15) is 12.1 Å². The van der Waals surface area contributed by atoms with E-state index in [1.807, 2.05) is 17.6 Å². The van der Waals surface area contributed by atoms with Gasteiger partial charge in [-0.1, -0.05) is 0 Å². The van der Waals surface area contributed by atoms with Crippen molar-refractivity contribution in [2.24, 2.45) is 0 Å². The van der Waals surface area contributed by atoms with Gasteiger partial charge in [-0.2, -0.15) is 0 Å². The Kier molecular flexibility index (Phi) is 6.79. The van der Waals surface area contributed by atoms with Gasteiger partial charge < -0.3 is 21.7 Å². The summed E-state index contributed by atoms with van der Waals surface area (Å²) < 4.78 is 2.11. The Labute approximate surface area is 206 Å². The summed E-state index contributed by atoms with van der Waals surface area (Å²) in [5.41, 5.74) is 11.9. The van der Waals surface area contributed by atoms with Crippen molar-refractivity contribution in [3.05, 3.63) is 53.4 Å². The van der Waals surface area contributed by atoms with Crippen molar-refractivity contribution in [3.63, 3.8) is 0 Å². The summed E-state index contributed by atoms with van der Waals surface area (Å²) in [5, 5.41) is 12.6. The number of nitrogens with zero attached hydrogens (tertiary/aromatic N) is 6. The molecule has 5 heterocycles. The fraction of sp³-hybridized carbons (Fsp3) is 0.318. The molecule has 0 aliphatic carbocycles. The van der Waals surface area contributed by atoms with E-state index in [9.17, 15) is 0 Å². The van der Waals surface area contributed by atoms with Crippen LogP contribution in [0.3, 0.4) is 0 Å². The van der Waals surface area contributed by atoms with E-state index in [-0.39, 0.29) is 0 Å². The third kappa shape index (κ3) is 5.24. The molecule has 1 atom stereocenters. The van der Waals surface area contributed by atoms with Gasteiger partial charge in [-0.3, -0.25) is 14.5 Å². The lowest BCUT2D eigenvalue weighted by molar-refractivity contribution is 0.341. The monoisotopic (exact) mass is 494 g/mol. The Morgan fingerprint density at radius 2 is 2.21 bits per heavy atom. The highest BCUT2D eigenvalue weighted by Gasteiger charge is 2.24. The molecule has 0 radical (unpaired) electrons. The summed E-state index contributed by atoms with van der Waals surface area (Å²) in [4.78, 5) is 20.3. The van der Waals surface area contributed by atoms with Crippen LogP contribution < -0.4 is 21.7 Å². The fourth-order valence-corrected chi connectivity index (χ4v) is 4.80. The van der Waals surface area contributed by atoms with E-state index >= 15 is 0 Å². The fourth-order valence-electron chi connectivity index (χ4n) is 4.04. The molecule has 0 spiro atoms. The van der Waals surface area contributed by atoms with Crippen molar-refractivity contribution in [2.75, 3.05) is 42.5 Å². The van der Waals surface area contributed by atoms with Crippen LogP contribution in [0.15, 0.2) is 47.7 Å². The van der Waals surface area contributed by atoms with Crippen LogP contribution in [0.4, 0.5) is 17.3 Å². The molecule has 5 rings (SSSR count). The number of imidazole rings is 1. The van der Waals surface area contributed by atoms with Gasteiger partial charge >= 0.3 is 0 Å². The van der Waals surface area contributed by atoms with Gasteiger partial charge in [0.25, 0.3) is 0 Å². The number of anilines is 3. The molecule has 0 bridgehead atoms. The molecule has 1 aliphatic rings. The third-order valence-electron chi connectivity index (χ3n) is 5.73. The minimum atomic E-state index is 0.311. The van der Waals surface area contributed by atoms with Gasteiger partial charge in [0.2, 0.25) is 5.95 Å². The lowest BCUT2D eigenvalue weighted by Gasteiger charge is -2.18. The summed E-state index contributed by atoms with van der Waals surface area (Å²) in [6.45, 7) is 4.22. The molecule has 4 aromatic heterocycles. The smallest absolute Gasteiger partial charge is 0.205 e. The molecule has 12 heteroatoms. The highest BCUT2D eigenvalue weighted by atomic mass is 32.1. The average Bonchev–Trinajstić information content (AvgIpc) is 3.58. The molecule has 1 unspecified atom stereocenters. The standard InChI is InChI=1S/C22H26N10S2/c23-17-3-6-24-10-19(17)30-22(33)26-7-9-31-8-4-15(11-31)28-21-29-18-2-1-5-25-20(18)32(21)12-16-13-34-14-27-16/h1-3,5-6,10,13-15H,4,7-9,11-12H2,(H2,23,24)(H,28,29)(H2,26,30,33). The molecule has 34 heavy (non-hydrogen) atoms. The number of thiocarbonyl (C=S) groups is 1. The van der Waals surface area contributed by atoms with Crippen molar-refractivity contribution in [2.45, 2.75) is 19.0 Å². The molecular weight excluding hydrogens is 468 g/mol. The minimum absolute atomic E-state index is 0.311. The molecule has 5 N–H and O–H groups in total. The maximum atomic E-state index is 5.93. The number of fused-ring (bicyclic) bond motifs is 1. The summed E-state index contributed by atoms with van der Waals surface area (Å²) in [7, 11) is 0. The first kappa shape index (κ1) is 22.4. The number of nitrogen functional groups attached to an aromatic ring is 1. The lowest BCUT2D eigenvalue weighted by Crippen LogP contribution is -2.37. The number of aromatic nitrogens is 5. The molecule has 0 amide bonds. The van der Waals surface area contributed by atoms with Gasteiger partial charge in [-0.05, 0) is 36.8 Å². The lowest BCUT2D eigenvalue weighted by atomic mass is 10.3. The zero-order valence-corrected chi connectivity index (χ0v) is 20.1. The SMILES string of the molecule is Nc1ccncc1NC(=S)NCCN1CCC(Nc2nc3cccnc3n2Cc2cscn2)C1. The second-order valence-electron chi connectivity index (χ2n) is 8.12. The molecular formula is C22H26N10S2. The van der Waals surface area contributed by atoms with Crippen LogP contribution in [0.2, 0.25) is 0 Å². The second-order valence-corrected chi connectivity index (χ2v) is 9.25. The first-order chi connectivity index (χ1) is 16.7. The highest BCUT2D eigenvalue weighted by Crippen LogP contribution is 2.22. The highest BCUT2D eigenvalue weighted by molar-refractivity contribution is 7.80. The minimum Gasteiger partial charge on any atom is -0.397 e. The Morgan fingerprint density at radius 1 is 1.26 bits per heavy atom. The van der Waals surface area contributed by atoms with E-state index in [0.717, 1.165) is 55.4 Å². The zero-order chi connectivity index (χ0) is 23.3. The first-order valence-corrected chi connectivity index (χ1v) is 12.4. The largest absolute Gasteiger partial charge is 0.397 e. The topological polar surface area (TPSA) is 122 Å². The predicted molar refractivity (Wildman–Crippen MR) is 140 cm³/mol. The van der Waals surface area contributed by atoms with Crippen molar-refractivity contribution in [3.8, 4) is 0 Å². The van der Waals surface area contributed by atoms with Crippen molar-refractivity contribution < 1.29 is 0 Å². The molecule has 10 nitrogen and oxygen atoms in total. The third-order valence-corrected chi connectivity index (χ3v) is 6.61. The normalized spacial score (nSPS) is 16.1. The number of nitrogens with two attached hydrogens (primary N) is 1. The van der Waals surface area contributed by atoms with Crippen LogP contribution in [-0.2, 0) is 6.54 Å². The Bertz CT molecular complexity index is 1260. The van der Waals surface area contributed by atoms with E-state index in [1.54, 1.807) is 36.0 Å². The Morgan fingerprint density at radius 3 is 3.06 bits per heavy atom. The molecule has 1 fully saturated rings. The number of rotatable bonds is 8. The van der Waals surface area contributed by atoms with E-state index in [0.29, 0.717) is 29.1 Å². The maximum absolute atomic E-state index is 5.93. The van der Waals surface area contributed by atoms with E-state index in [1.165, 1.54) is 0 Å². The van der Waals surface area contributed by atoms with Gasteiger partial charge in [-0.15, -0.1) is 11.3 Å². The Hall–Kier alpha value is -3.35. The summed E-state index contributed by atoms with van der Waals surface area (Å²) in [6, 6.07) is 5.96. The second kappa shape index (κ2) is 10.3. The predicted octanol–water partition coefficient (Wildman–Crippen LogP) is 2.39. The van der Waals surface area contributed by atoms with Crippen LogP contribution >= 0.6 is 23.6 Å². The molecule has 4 aromatic rings. The molecule has 176 valence electrons. The zero-order valence-electron chi connectivity index (χ0n) is 18.5. The van der Waals surface area contributed by atoms with Gasteiger partial charge in [0.05, 0.1) is 35.3 Å². The summed E-state index contributed by atoms with van der Waals surface area (Å²) in [5.74, 6) is 0.839.